The maximum atomic E-state index is 12.1. The molecule has 1 amide bonds. The highest BCUT2D eigenvalue weighted by atomic mass is 16.6. The fourth-order valence-electron chi connectivity index (χ4n) is 2.18. The summed E-state index contributed by atoms with van der Waals surface area (Å²) in [7, 11) is 3.47. The van der Waals surface area contributed by atoms with E-state index < -0.39 is 5.60 Å². The van der Waals surface area contributed by atoms with E-state index >= 15 is 0 Å². The third kappa shape index (κ3) is 8.32. The lowest BCUT2D eigenvalue weighted by Gasteiger charge is -2.28. The zero-order valence-electron chi connectivity index (χ0n) is 17.9. The van der Waals surface area contributed by atoms with Crippen LogP contribution in [-0.2, 0) is 11.3 Å². The Kier molecular flexibility index (Phi) is 8.59. The van der Waals surface area contributed by atoms with Crippen molar-refractivity contribution in [1.29, 1.82) is 0 Å². The minimum Gasteiger partial charge on any atom is -0.444 e. The van der Waals surface area contributed by atoms with E-state index in [0.717, 1.165) is 17.9 Å². The minimum atomic E-state index is -0.495. The number of carbonyl (C=O) groups excluding carboxylic acids is 1. The smallest absolute Gasteiger partial charge is 0.410 e. The molecule has 0 bridgehead atoms. The Morgan fingerprint density at radius 2 is 2.00 bits per heavy atom. The van der Waals surface area contributed by atoms with Crippen molar-refractivity contribution in [1.82, 2.24) is 20.7 Å². The molecule has 27 heavy (non-hydrogen) atoms. The molecule has 1 aromatic rings. The number of guanidine groups is 1. The van der Waals surface area contributed by atoms with Crippen molar-refractivity contribution in [3.05, 3.63) is 17.5 Å². The van der Waals surface area contributed by atoms with Crippen LogP contribution < -0.4 is 10.6 Å². The predicted octanol–water partition coefficient (Wildman–Crippen LogP) is 3.11. The summed E-state index contributed by atoms with van der Waals surface area (Å²) in [5.41, 5.74) is 0.444. The first kappa shape index (κ1) is 22.8. The standard InChI is InChI=1S/C19H35N5O3/c1-13(2)16-11-15(27-23-16)12-22-17(20-7)21-10-9-14(3)24(8)18(25)26-19(4,5)6/h11,13-14H,9-10,12H2,1-8H3,(H2,20,21,22). The highest BCUT2D eigenvalue weighted by Gasteiger charge is 2.22. The van der Waals surface area contributed by atoms with E-state index in [1.165, 1.54) is 0 Å². The van der Waals surface area contributed by atoms with Crippen LogP contribution in [0, 0.1) is 0 Å². The molecule has 154 valence electrons. The highest BCUT2D eigenvalue weighted by molar-refractivity contribution is 5.79. The van der Waals surface area contributed by atoms with E-state index in [0.29, 0.717) is 25.0 Å². The van der Waals surface area contributed by atoms with E-state index in [9.17, 15) is 4.79 Å². The average molecular weight is 382 g/mol. The van der Waals surface area contributed by atoms with Gasteiger partial charge in [0.25, 0.3) is 0 Å². The first-order valence-corrected chi connectivity index (χ1v) is 9.39. The van der Waals surface area contributed by atoms with Gasteiger partial charge in [0.15, 0.2) is 11.7 Å². The molecule has 0 aromatic carbocycles. The molecule has 1 rings (SSSR count). The first-order chi connectivity index (χ1) is 12.5. The summed E-state index contributed by atoms with van der Waals surface area (Å²) in [5, 5.41) is 10.5. The zero-order chi connectivity index (χ0) is 20.6. The van der Waals surface area contributed by atoms with E-state index in [-0.39, 0.29) is 12.1 Å². The van der Waals surface area contributed by atoms with Crippen LogP contribution in [0.3, 0.4) is 0 Å². The lowest BCUT2D eigenvalue weighted by Crippen LogP contribution is -2.42. The molecule has 0 saturated carbocycles. The van der Waals surface area contributed by atoms with Crippen molar-refractivity contribution in [2.45, 2.75) is 72.1 Å². The van der Waals surface area contributed by atoms with Crippen molar-refractivity contribution >= 4 is 12.1 Å². The molecular weight excluding hydrogens is 346 g/mol. The maximum absolute atomic E-state index is 12.1. The fraction of sp³-hybridized carbons (Fsp3) is 0.737. The second-order valence-electron chi connectivity index (χ2n) is 7.95. The van der Waals surface area contributed by atoms with Gasteiger partial charge in [-0.1, -0.05) is 19.0 Å². The molecule has 2 N–H and O–H groups in total. The molecule has 1 unspecified atom stereocenters. The van der Waals surface area contributed by atoms with Gasteiger partial charge in [-0.15, -0.1) is 0 Å². The van der Waals surface area contributed by atoms with Gasteiger partial charge < -0.3 is 24.8 Å². The molecule has 0 fully saturated rings. The Morgan fingerprint density at radius 3 is 2.52 bits per heavy atom. The summed E-state index contributed by atoms with van der Waals surface area (Å²) in [6.07, 6.45) is 0.444. The van der Waals surface area contributed by atoms with E-state index in [1.807, 2.05) is 33.8 Å². The van der Waals surface area contributed by atoms with E-state index in [2.05, 4.69) is 34.6 Å². The predicted molar refractivity (Wildman–Crippen MR) is 107 cm³/mol. The average Bonchev–Trinajstić information content (AvgIpc) is 3.04. The SMILES string of the molecule is CN=C(NCCC(C)N(C)C(=O)OC(C)(C)C)NCc1cc(C(C)C)no1. The van der Waals surface area contributed by atoms with Crippen LogP contribution in [0.4, 0.5) is 4.79 Å². The third-order valence-electron chi connectivity index (χ3n) is 4.02. The molecule has 1 atom stereocenters. The second kappa shape index (κ2) is 10.2. The molecule has 0 spiro atoms. The van der Waals surface area contributed by atoms with Gasteiger partial charge in [0.1, 0.15) is 5.60 Å². The number of hydrogen-bond donors (Lipinski definition) is 2. The third-order valence-corrected chi connectivity index (χ3v) is 4.02. The molecule has 0 aliphatic carbocycles. The number of ether oxygens (including phenoxy) is 1. The van der Waals surface area contributed by atoms with Crippen molar-refractivity contribution < 1.29 is 14.1 Å². The number of amides is 1. The van der Waals surface area contributed by atoms with Crippen molar-refractivity contribution in [3.63, 3.8) is 0 Å². The number of nitrogens with one attached hydrogen (secondary N) is 2. The Balaban J connectivity index is 2.38. The number of aliphatic imine (C=N–C) groups is 1. The summed E-state index contributed by atoms with van der Waals surface area (Å²) in [5.74, 6) is 1.77. The largest absolute Gasteiger partial charge is 0.444 e. The monoisotopic (exact) mass is 381 g/mol. The Morgan fingerprint density at radius 1 is 1.33 bits per heavy atom. The first-order valence-electron chi connectivity index (χ1n) is 9.39. The Hall–Kier alpha value is -2.25. The normalized spacial score (nSPS) is 13.4. The zero-order valence-corrected chi connectivity index (χ0v) is 17.9. The minimum absolute atomic E-state index is 0.0355. The molecule has 8 nitrogen and oxygen atoms in total. The molecule has 8 heteroatoms. The van der Waals surface area contributed by atoms with Crippen LogP contribution >= 0.6 is 0 Å². The number of carbonyl (C=O) groups is 1. The molecule has 0 saturated heterocycles. The summed E-state index contributed by atoms with van der Waals surface area (Å²) < 4.78 is 10.7. The molecule has 1 aromatic heterocycles. The van der Waals surface area contributed by atoms with Gasteiger partial charge in [0.2, 0.25) is 0 Å². The van der Waals surface area contributed by atoms with Crippen molar-refractivity contribution in [3.8, 4) is 0 Å². The number of nitrogens with zero attached hydrogens (tertiary/aromatic N) is 3. The maximum Gasteiger partial charge on any atom is 0.410 e. The molecule has 0 aliphatic heterocycles. The van der Waals surface area contributed by atoms with Crippen LogP contribution in [-0.4, -0.2) is 54.4 Å². The molecule has 0 aliphatic rings. The van der Waals surface area contributed by atoms with Gasteiger partial charge in [0.05, 0.1) is 12.2 Å². The summed E-state index contributed by atoms with van der Waals surface area (Å²) in [4.78, 5) is 17.9. The lowest BCUT2D eigenvalue weighted by atomic mass is 10.1. The van der Waals surface area contributed by atoms with Crippen LogP contribution in [0.15, 0.2) is 15.6 Å². The highest BCUT2D eigenvalue weighted by Crippen LogP contribution is 2.14. The number of aromatic nitrogens is 1. The summed E-state index contributed by atoms with van der Waals surface area (Å²) in [6, 6.07) is 1.98. The number of rotatable bonds is 7. The Bertz CT molecular complexity index is 619. The van der Waals surface area contributed by atoms with Crippen LogP contribution in [0.5, 0.6) is 0 Å². The van der Waals surface area contributed by atoms with Crippen molar-refractivity contribution in [2.24, 2.45) is 4.99 Å². The van der Waals surface area contributed by atoms with Crippen LogP contribution in [0.2, 0.25) is 0 Å². The van der Waals surface area contributed by atoms with Gasteiger partial charge in [-0.3, -0.25) is 4.99 Å². The van der Waals surface area contributed by atoms with Crippen molar-refractivity contribution in [2.75, 3.05) is 20.6 Å². The Labute approximate surface area is 162 Å². The van der Waals surface area contributed by atoms with Gasteiger partial charge in [0, 0.05) is 32.7 Å². The summed E-state index contributed by atoms with van der Waals surface area (Å²) in [6.45, 7) is 12.9. The van der Waals surface area contributed by atoms with E-state index in [1.54, 1.807) is 19.0 Å². The molecular formula is C19H35N5O3. The van der Waals surface area contributed by atoms with Gasteiger partial charge in [-0.25, -0.2) is 4.79 Å². The van der Waals surface area contributed by atoms with E-state index in [4.69, 9.17) is 9.26 Å². The topological polar surface area (TPSA) is 92.0 Å². The number of hydrogen-bond acceptors (Lipinski definition) is 5. The van der Waals surface area contributed by atoms with Gasteiger partial charge in [-0.05, 0) is 40.0 Å². The lowest BCUT2D eigenvalue weighted by molar-refractivity contribution is 0.0230. The molecule has 1 heterocycles. The van der Waals surface area contributed by atoms with Gasteiger partial charge >= 0.3 is 6.09 Å². The molecule has 0 radical (unpaired) electrons. The van der Waals surface area contributed by atoms with Crippen LogP contribution in [0.1, 0.15) is 65.3 Å². The van der Waals surface area contributed by atoms with Crippen LogP contribution in [0.25, 0.3) is 0 Å². The second-order valence-corrected chi connectivity index (χ2v) is 7.95. The fourth-order valence-corrected chi connectivity index (χ4v) is 2.18. The summed E-state index contributed by atoms with van der Waals surface area (Å²) >= 11 is 0. The van der Waals surface area contributed by atoms with Gasteiger partial charge in [-0.2, -0.15) is 0 Å². The quantitative estimate of drug-likeness (QED) is 0.557.